The second-order valence-electron chi connectivity index (χ2n) is 7.98. The summed E-state index contributed by atoms with van der Waals surface area (Å²) in [6.45, 7) is 8.39. The van der Waals surface area contributed by atoms with E-state index in [0.29, 0.717) is 23.1 Å². The molecule has 0 amide bonds. The average molecular weight is 491 g/mol. The molecule has 0 radical (unpaired) electrons. The van der Waals surface area contributed by atoms with Crippen molar-refractivity contribution in [1.29, 1.82) is 0 Å². The van der Waals surface area contributed by atoms with E-state index in [1.165, 1.54) is 10.2 Å². The molecule has 0 aliphatic rings. The fourth-order valence-corrected chi connectivity index (χ4v) is 4.38. The van der Waals surface area contributed by atoms with E-state index in [4.69, 9.17) is 4.98 Å². The molecule has 0 aliphatic heterocycles. The van der Waals surface area contributed by atoms with Crippen LogP contribution in [0.3, 0.4) is 0 Å². The minimum absolute atomic E-state index is 0.153. The third-order valence-corrected chi connectivity index (χ3v) is 6.23. The SMILES string of the molecule is CCCc1nc2ccc(Br)cc2c(=O)n1N=Cc1cc(C)n(-c2ccc(CC)cc2)c1C. The summed E-state index contributed by atoms with van der Waals surface area (Å²) in [5.74, 6) is 0.674. The molecule has 0 N–H and O–H groups in total. The lowest BCUT2D eigenvalue weighted by molar-refractivity contribution is 0.703. The van der Waals surface area contributed by atoms with Gasteiger partial charge in [0.15, 0.2) is 0 Å². The Balaban J connectivity index is 1.78. The smallest absolute Gasteiger partial charge is 0.282 e. The molecule has 2 aromatic carbocycles. The number of aromatic nitrogens is 3. The first kappa shape index (κ1) is 22.2. The van der Waals surface area contributed by atoms with Crippen molar-refractivity contribution in [2.45, 2.75) is 47.0 Å². The molecule has 2 aromatic heterocycles. The Morgan fingerprint density at radius 1 is 1.06 bits per heavy atom. The average Bonchev–Trinajstić information content (AvgIpc) is 3.07. The lowest BCUT2D eigenvalue weighted by atomic mass is 10.1. The fourth-order valence-electron chi connectivity index (χ4n) is 4.02. The molecule has 164 valence electrons. The molecular formula is C26H27BrN4O. The van der Waals surface area contributed by atoms with E-state index in [1.807, 2.05) is 12.1 Å². The Morgan fingerprint density at radius 3 is 2.50 bits per heavy atom. The van der Waals surface area contributed by atoms with E-state index in [1.54, 1.807) is 12.3 Å². The summed E-state index contributed by atoms with van der Waals surface area (Å²) < 4.78 is 4.51. The van der Waals surface area contributed by atoms with Gasteiger partial charge in [0.2, 0.25) is 0 Å². The Hall–Kier alpha value is -2.99. The monoisotopic (exact) mass is 490 g/mol. The van der Waals surface area contributed by atoms with Gasteiger partial charge >= 0.3 is 0 Å². The van der Waals surface area contributed by atoms with Crippen LogP contribution in [0.5, 0.6) is 0 Å². The molecule has 6 heteroatoms. The van der Waals surface area contributed by atoms with Gasteiger partial charge in [-0.15, -0.1) is 0 Å². The number of rotatable bonds is 6. The van der Waals surface area contributed by atoms with Gasteiger partial charge in [0, 0.05) is 33.5 Å². The van der Waals surface area contributed by atoms with Crippen LogP contribution in [-0.4, -0.2) is 20.4 Å². The van der Waals surface area contributed by atoms with Gasteiger partial charge in [-0.05, 0) is 68.7 Å². The normalized spacial score (nSPS) is 11.7. The first-order chi connectivity index (χ1) is 15.4. The first-order valence-corrected chi connectivity index (χ1v) is 11.8. The highest BCUT2D eigenvalue weighted by atomic mass is 79.9. The van der Waals surface area contributed by atoms with Gasteiger partial charge < -0.3 is 4.57 Å². The molecule has 4 rings (SSSR count). The van der Waals surface area contributed by atoms with Gasteiger partial charge in [0.05, 0.1) is 17.1 Å². The predicted molar refractivity (Wildman–Crippen MR) is 135 cm³/mol. The van der Waals surface area contributed by atoms with Crippen molar-refractivity contribution >= 4 is 33.0 Å². The number of benzene rings is 2. The summed E-state index contributed by atoms with van der Waals surface area (Å²) in [6.07, 6.45) is 4.35. The summed E-state index contributed by atoms with van der Waals surface area (Å²) in [5.41, 5.74) is 6.16. The lowest BCUT2D eigenvalue weighted by Gasteiger charge is -2.10. The molecule has 0 aliphatic carbocycles. The molecule has 0 fully saturated rings. The zero-order chi connectivity index (χ0) is 22.8. The second kappa shape index (κ2) is 9.25. The second-order valence-corrected chi connectivity index (χ2v) is 8.90. The van der Waals surface area contributed by atoms with Crippen molar-refractivity contribution in [3.63, 3.8) is 0 Å². The quantitative estimate of drug-likeness (QED) is 0.313. The summed E-state index contributed by atoms with van der Waals surface area (Å²) in [6, 6.07) is 16.3. The highest BCUT2D eigenvalue weighted by Gasteiger charge is 2.12. The molecule has 0 unspecified atom stereocenters. The predicted octanol–water partition coefficient (Wildman–Crippen LogP) is 5.96. The number of hydrogen-bond donors (Lipinski definition) is 0. The first-order valence-electron chi connectivity index (χ1n) is 11.0. The van der Waals surface area contributed by atoms with E-state index in [0.717, 1.165) is 40.0 Å². The molecule has 5 nitrogen and oxygen atoms in total. The van der Waals surface area contributed by atoms with Crippen molar-refractivity contribution < 1.29 is 0 Å². The maximum absolute atomic E-state index is 13.2. The minimum Gasteiger partial charge on any atom is -0.318 e. The zero-order valence-electron chi connectivity index (χ0n) is 18.9. The van der Waals surface area contributed by atoms with Crippen molar-refractivity contribution in [2.75, 3.05) is 0 Å². The van der Waals surface area contributed by atoms with Gasteiger partial charge in [-0.1, -0.05) is 41.9 Å². The number of aryl methyl sites for hydroxylation is 3. The Morgan fingerprint density at radius 2 is 1.81 bits per heavy atom. The number of hydrogen-bond acceptors (Lipinski definition) is 3. The molecule has 0 saturated carbocycles. The van der Waals surface area contributed by atoms with Gasteiger partial charge in [-0.2, -0.15) is 9.78 Å². The highest BCUT2D eigenvalue weighted by molar-refractivity contribution is 9.10. The molecule has 0 spiro atoms. The molecule has 4 aromatic rings. The van der Waals surface area contributed by atoms with Crippen LogP contribution in [0.4, 0.5) is 0 Å². The van der Waals surface area contributed by atoms with Crippen molar-refractivity contribution in [2.24, 2.45) is 5.10 Å². The Kier molecular flexibility index (Phi) is 6.42. The van der Waals surface area contributed by atoms with E-state index in [2.05, 4.69) is 83.6 Å². The fraction of sp³-hybridized carbons (Fsp3) is 0.269. The zero-order valence-corrected chi connectivity index (χ0v) is 20.5. The minimum atomic E-state index is -0.153. The standard InChI is InChI=1S/C26H27BrN4O/c1-5-7-25-29-24-13-10-21(27)15-23(24)26(32)31(25)28-16-20-14-17(3)30(18(20)4)22-11-8-19(6-2)9-12-22/h8-16H,5-7H2,1-4H3. The van der Waals surface area contributed by atoms with Gasteiger partial charge in [0.25, 0.3) is 5.56 Å². The third kappa shape index (κ3) is 4.19. The van der Waals surface area contributed by atoms with Crippen molar-refractivity contribution in [3.05, 3.63) is 91.7 Å². The molecule has 32 heavy (non-hydrogen) atoms. The summed E-state index contributed by atoms with van der Waals surface area (Å²) in [5, 5.41) is 5.15. The molecular weight excluding hydrogens is 464 g/mol. The van der Waals surface area contributed by atoms with Crippen molar-refractivity contribution in [3.8, 4) is 5.69 Å². The number of fused-ring (bicyclic) bond motifs is 1. The third-order valence-electron chi connectivity index (χ3n) is 5.73. The Labute approximate surface area is 196 Å². The van der Waals surface area contributed by atoms with Crippen LogP contribution in [0.25, 0.3) is 16.6 Å². The van der Waals surface area contributed by atoms with Crippen LogP contribution in [-0.2, 0) is 12.8 Å². The largest absolute Gasteiger partial charge is 0.318 e. The summed E-state index contributed by atoms with van der Waals surface area (Å²) in [4.78, 5) is 17.9. The molecule has 0 bridgehead atoms. The van der Waals surface area contributed by atoms with Crippen LogP contribution >= 0.6 is 15.9 Å². The van der Waals surface area contributed by atoms with E-state index < -0.39 is 0 Å². The Bertz CT molecular complexity index is 1360. The van der Waals surface area contributed by atoms with Gasteiger partial charge in [-0.25, -0.2) is 4.98 Å². The number of nitrogens with zero attached hydrogens (tertiary/aromatic N) is 4. The lowest BCUT2D eigenvalue weighted by Crippen LogP contribution is -2.22. The summed E-state index contributed by atoms with van der Waals surface area (Å²) in [7, 11) is 0. The van der Waals surface area contributed by atoms with Gasteiger partial charge in [0.1, 0.15) is 5.82 Å². The van der Waals surface area contributed by atoms with Crippen LogP contribution in [0.1, 0.15) is 48.6 Å². The van der Waals surface area contributed by atoms with Crippen LogP contribution in [0.2, 0.25) is 0 Å². The van der Waals surface area contributed by atoms with Crippen molar-refractivity contribution in [1.82, 2.24) is 14.2 Å². The highest BCUT2D eigenvalue weighted by Crippen LogP contribution is 2.21. The van der Waals surface area contributed by atoms with E-state index >= 15 is 0 Å². The van der Waals surface area contributed by atoms with E-state index in [-0.39, 0.29) is 5.56 Å². The number of halogens is 1. The molecule has 0 atom stereocenters. The van der Waals surface area contributed by atoms with Gasteiger partial charge in [-0.3, -0.25) is 4.79 Å². The maximum atomic E-state index is 13.2. The van der Waals surface area contributed by atoms with E-state index in [9.17, 15) is 4.79 Å². The topological polar surface area (TPSA) is 52.2 Å². The van der Waals surface area contributed by atoms with Crippen LogP contribution < -0.4 is 5.56 Å². The molecule has 2 heterocycles. The summed E-state index contributed by atoms with van der Waals surface area (Å²) >= 11 is 3.45. The maximum Gasteiger partial charge on any atom is 0.282 e. The van der Waals surface area contributed by atoms with Crippen LogP contribution in [0, 0.1) is 13.8 Å². The molecule has 0 saturated heterocycles. The van der Waals surface area contributed by atoms with Crippen LogP contribution in [0.15, 0.2) is 62.9 Å².